The van der Waals surface area contributed by atoms with Gasteiger partial charge in [-0.15, -0.1) is 0 Å². The average Bonchev–Trinajstić information content (AvgIpc) is 3.16. The van der Waals surface area contributed by atoms with Gasteiger partial charge in [-0.1, -0.05) is 12.8 Å². The van der Waals surface area contributed by atoms with Gasteiger partial charge in [0.25, 0.3) is 5.91 Å². The fourth-order valence-corrected chi connectivity index (χ4v) is 4.68. The molecule has 1 aliphatic carbocycles. The number of hydrogen-bond donors (Lipinski definition) is 1. The number of nitrogens with one attached hydrogen (secondary N) is 1. The molecule has 0 spiro atoms. The zero-order valence-electron chi connectivity index (χ0n) is 15.0. The number of ether oxygens (including phenoxy) is 2. The SMILES string of the molecule is C[C@H](Oc1ccc(S(=O)(=O)N2CCOCC2)cc1)C(=O)NC1CCCC1. The van der Waals surface area contributed by atoms with Crippen molar-refractivity contribution in [2.45, 2.75) is 49.6 Å². The molecule has 2 aliphatic rings. The largest absolute Gasteiger partial charge is 0.481 e. The highest BCUT2D eigenvalue weighted by atomic mass is 32.2. The summed E-state index contributed by atoms with van der Waals surface area (Å²) in [6, 6.07) is 6.46. The first-order chi connectivity index (χ1) is 12.5. The normalized spacial score (nSPS) is 20.7. The number of nitrogens with zero attached hydrogens (tertiary/aromatic N) is 1. The Balaban J connectivity index is 1.59. The van der Waals surface area contributed by atoms with Crippen LogP contribution in [0.5, 0.6) is 5.75 Å². The Hall–Kier alpha value is -1.64. The van der Waals surface area contributed by atoms with Gasteiger partial charge in [0, 0.05) is 19.1 Å². The lowest BCUT2D eigenvalue weighted by Gasteiger charge is -2.26. The second-order valence-electron chi connectivity index (χ2n) is 6.74. The molecule has 1 aromatic carbocycles. The summed E-state index contributed by atoms with van der Waals surface area (Å²) in [7, 11) is -3.52. The lowest BCUT2D eigenvalue weighted by atomic mass is 10.2. The minimum atomic E-state index is -3.52. The zero-order valence-corrected chi connectivity index (χ0v) is 15.8. The van der Waals surface area contributed by atoms with Crippen LogP contribution in [0.3, 0.4) is 0 Å². The van der Waals surface area contributed by atoms with Crippen LogP contribution in [0.1, 0.15) is 32.6 Å². The van der Waals surface area contributed by atoms with Gasteiger partial charge in [-0.3, -0.25) is 4.79 Å². The fourth-order valence-electron chi connectivity index (χ4n) is 3.27. The molecule has 0 radical (unpaired) electrons. The Labute approximate surface area is 154 Å². The quantitative estimate of drug-likeness (QED) is 0.807. The minimum Gasteiger partial charge on any atom is -0.481 e. The van der Waals surface area contributed by atoms with Crippen molar-refractivity contribution >= 4 is 15.9 Å². The van der Waals surface area contributed by atoms with E-state index in [4.69, 9.17) is 9.47 Å². The van der Waals surface area contributed by atoms with Crippen molar-refractivity contribution in [2.24, 2.45) is 0 Å². The maximum absolute atomic E-state index is 12.6. The van der Waals surface area contributed by atoms with E-state index < -0.39 is 16.1 Å². The monoisotopic (exact) mass is 382 g/mol. The first-order valence-electron chi connectivity index (χ1n) is 9.12. The summed E-state index contributed by atoms with van der Waals surface area (Å²) in [6.45, 7) is 3.24. The second kappa shape index (κ2) is 8.37. The van der Waals surface area contributed by atoms with Crippen molar-refractivity contribution in [3.05, 3.63) is 24.3 Å². The van der Waals surface area contributed by atoms with E-state index in [1.165, 1.54) is 16.4 Å². The molecule has 1 amide bonds. The Kier molecular flexibility index (Phi) is 6.16. The molecule has 8 heteroatoms. The number of rotatable bonds is 6. The first-order valence-corrected chi connectivity index (χ1v) is 10.6. The molecule has 0 unspecified atom stereocenters. The highest BCUT2D eigenvalue weighted by Gasteiger charge is 2.26. The molecule has 1 heterocycles. The van der Waals surface area contributed by atoms with Crippen LogP contribution in [-0.4, -0.2) is 57.1 Å². The maximum atomic E-state index is 12.6. The summed E-state index contributed by atoms with van der Waals surface area (Å²) in [5, 5.41) is 3.00. The van der Waals surface area contributed by atoms with Crippen LogP contribution in [0.4, 0.5) is 0 Å². The summed E-state index contributed by atoms with van der Waals surface area (Å²) in [4.78, 5) is 12.4. The summed E-state index contributed by atoms with van der Waals surface area (Å²) in [5.41, 5.74) is 0. The summed E-state index contributed by atoms with van der Waals surface area (Å²) in [6.07, 6.45) is 3.72. The second-order valence-corrected chi connectivity index (χ2v) is 8.68. The zero-order chi connectivity index (χ0) is 18.6. The predicted octanol–water partition coefficient (Wildman–Crippen LogP) is 1.53. The molecule has 1 saturated carbocycles. The number of amides is 1. The van der Waals surface area contributed by atoms with E-state index in [9.17, 15) is 13.2 Å². The van der Waals surface area contributed by atoms with Gasteiger partial charge in [-0.05, 0) is 44.0 Å². The Bertz CT molecular complexity index is 708. The van der Waals surface area contributed by atoms with Gasteiger partial charge in [-0.2, -0.15) is 4.31 Å². The Morgan fingerprint density at radius 2 is 1.81 bits per heavy atom. The predicted molar refractivity (Wildman–Crippen MR) is 96.5 cm³/mol. The molecule has 1 N–H and O–H groups in total. The van der Waals surface area contributed by atoms with Gasteiger partial charge < -0.3 is 14.8 Å². The maximum Gasteiger partial charge on any atom is 0.260 e. The number of hydrogen-bond acceptors (Lipinski definition) is 5. The van der Waals surface area contributed by atoms with Crippen LogP contribution in [-0.2, 0) is 19.6 Å². The van der Waals surface area contributed by atoms with E-state index in [0.29, 0.717) is 32.1 Å². The minimum absolute atomic E-state index is 0.137. The molecule has 3 rings (SSSR count). The van der Waals surface area contributed by atoms with Crippen LogP contribution in [0.2, 0.25) is 0 Å². The molecular weight excluding hydrogens is 356 g/mol. The van der Waals surface area contributed by atoms with E-state index >= 15 is 0 Å². The van der Waals surface area contributed by atoms with Crippen molar-refractivity contribution < 1.29 is 22.7 Å². The lowest BCUT2D eigenvalue weighted by molar-refractivity contribution is -0.127. The van der Waals surface area contributed by atoms with Gasteiger partial charge in [0.15, 0.2) is 6.10 Å². The van der Waals surface area contributed by atoms with Crippen LogP contribution >= 0.6 is 0 Å². The highest BCUT2D eigenvalue weighted by Crippen LogP contribution is 2.22. The number of carbonyl (C=O) groups excluding carboxylic acids is 1. The topological polar surface area (TPSA) is 84.9 Å². The third-order valence-corrected chi connectivity index (χ3v) is 6.73. The van der Waals surface area contributed by atoms with E-state index in [2.05, 4.69) is 5.32 Å². The van der Waals surface area contributed by atoms with Crippen molar-refractivity contribution in [1.29, 1.82) is 0 Å². The van der Waals surface area contributed by atoms with Crippen LogP contribution in [0.25, 0.3) is 0 Å². The van der Waals surface area contributed by atoms with E-state index in [0.717, 1.165) is 25.7 Å². The summed E-state index contributed by atoms with van der Waals surface area (Å²) < 4.78 is 37.5. The van der Waals surface area contributed by atoms with Crippen LogP contribution in [0.15, 0.2) is 29.2 Å². The molecule has 1 aliphatic heterocycles. The van der Waals surface area contributed by atoms with Crippen LogP contribution in [0, 0.1) is 0 Å². The number of benzene rings is 1. The van der Waals surface area contributed by atoms with E-state index in [-0.39, 0.29) is 16.8 Å². The number of morpholine rings is 1. The van der Waals surface area contributed by atoms with Crippen molar-refractivity contribution in [2.75, 3.05) is 26.3 Å². The fraction of sp³-hybridized carbons (Fsp3) is 0.611. The standard InChI is InChI=1S/C18H26N2O5S/c1-14(18(21)19-15-4-2-3-5-15)25-16-6-8-17(9-7-16)26(22,23)20-10-12-24-13-11-20/h6-9,14-15H,2-5,10-13H2,1H3,(H,19,21)/t14-/m0/s1. The van der Waals surface area contributed by atoms with Crippen LogP contribution < -0.4 is 10.1 Å². The van der Waals surface area contributed by atoms with Gasteiger partial charge >= 0.3 is 0 Å². The van der Waals surface area contributed by atoms with E-state index in [1.807, 2.05) is 0 Å². The molecule has 1 atom stereocenters. The van der Waals surface area contributed by atoms with E-state index in [1.54, 1.807) is 19.1 Å². The van der Waals surface area contributed by atoms with Crippen molar-refractivity contribution in [3.63, 3.8) is 0 Å². The molecule has 2 fully saturated rings. The molecular formula is C18H26N2O5S. The smallest absolute Gasteiger partial charge is 0.260 e. The highest BCUT2D eigenvalue weighted by molar-refractivity contribution is 7.89. The Morgan fingerprint density at radius 3 is 2.42 bits per heavy atom. The van der Waals surface area contributed by atoms with Gasteiger partial charge in [0.2, 0.25) is 10.0 Å². The molecule has 144 valence electrons. The molecule has 7 nitrogen and oxygen atoms in total. The molecule has 1 aromatic rings. The molecule has 26 heavy (non-hydrogen) atoms. The van der Waals surface area contributed by atoms with Gasteiger partial charge in [0.1, 0.15) is 5.75 Å². The molecule has 0 aromatic heterocycles. The number of sulfonamides is 1. The first kappa shape index (κ1) is 19.1. The third kappa shape index (κ3) is 4.55. The summed E-state index contributed by atoms with van der Waals surface area (Å²) in [5.74, 6) is 0.335. The van der Waals surface area contributed by atoms with Crippen molar-refractivity contribution in [3.8, 4) is 5.75 Å². The van der Waals surface area contributed by atoms with Gasteiger partial charge in [-0.25, -0.2) is 8.42 Å². The number of carbonyl (C=O) groups is 1. The Morgan fingerprint density at radius 1 is 1.19 bits per heavy atom. The van der Waals surface area contributed by atoms with Gasteiger partial charge in [0.05, 0.1) is 18.1 Å². The van der Waals surface area contributed by atoms with Crippen molar-refractivity contribution in [1.82, 2.24) is 9.62 Å². The third-order valence-electron chi connectivity index (χ3n) is 4.82. The average molecular weight is 382 g/mol. The molecule has 1 saturated heterocycles. The lowest BCUT2D eigenvalue weighted by Crippen LogP contribution is -2.41. The molecule has 0 bridgehead atoms. The summed E-state index contributed by atoms with van der Waals surface area (Å²) >= 11 is 0.